The number of aliphatic hydroxyl groups is 1. The minimum Gasteiger partial charge on any atom is -0.507 e. The SMILES string of the molecule is C=CCOc1ccc(C2/C(=C(\O)c3ccc(OCCC)cc3)C(=O)C(=O)N2c2nc3ccc(C)cc3s2)cc1OCC. The maximum atomic E-state index is 13.7. The summed E-state index contributed by atoms with van der Waals surface area (Å²) in [5, 5.41) is 11.9. The zero-order valence-electron chi connectivity index (χ0n) is 23.8. The van der Waals surface area contributed by atoms with Gasteiger partial charge in [0.25, 0.3) is 5.78 Å². The minimum absolute atomic E-state index is 0.0418. The topological polar surface area (TPSA) is 98.2 Å². The zero-order chi connectivity index (χ0) is 29.8. The van der Waals surface area contributed by atoms with Gasteiger partial charge in [-0.15, -0.1) is 0 Å². The Morgan fingerprint density at radius 1 is 1.02 bits per heavy atom. The van der Waals surface area contributed by atoms with Crippen molar-refractivity contribution in [2.45, 2.75) is 33.2 Å². The van der Waals surface area contributed by atoms with Crippen molar-refractivity contribution in [3.05, 3.63) is 95.6 Å². The second-order valence-electron chi connectivity index (χ2n) is 9.75. The molecule has 1 atom stereocenters. The van der Waals surface area contributed by atoms with E-state index in [2.05, 4.69) is 6.58 Å². The smallest absolute Gasteiger partial charge is 0.301 e. The molecule has 0 spiro atoms. The fraction of sp³-hybridized carbons (Fsp3) is 0.242. The third-order valence-electron chi connectivity index (χ3n) is 6.72. The van der Waals surface area contributed by atoms with E-state index in [9.17, 15) is 14.7 Å². The highest BCUT2D eigenvalue weighted by molar-refractivity contribution is 7.22. The lowest BCUT2D eigenvalue weighted by molar-refractivity contribution is -0.132. The van der Waals surface area contributed by atoms with Crippen molar-refractivity contribution >= 4 is 44.1 Å². The summed E-state index contributed by atoms with van der Waals surface area (Å²) in [6.45, 7) is 10.8. The zero-order valence-corrected chi connectivity index (χ0v) is 24.6. The summed E-state index contributed by atoms with van der Waals surface area (Å²) >= 11 is 1.31. The molecule has 5 rings (SSSR count). The molecule has 0 saturated carbocycles. The molecular formula is C33H32N2O6S. The Bertz CT molecular complexity index is 1670. The van der Waals surface area contributed by atoms with E-state index in [0.717, 1.165) is 16.7 Å². The number of carbonyl (C=O) groups excluding carboxylic acids is 2. The van der Waals surface area contributed by atoms with Crippen molar-refractivity contribution in [1.29, 1.82) is 0 Å². The van der Waals surface area contributed by atoms with Crippen LogP contribution in [0.15, 0.2) is 78.9 Å². The first kappa shape index (κ1) is 28.9. The van der Waals surface area contributed by atoms with Gasteiger partial charge < -0.3 is 19.3 Å². The van der Waals surface area contributed by atoms with Crippen molar-refractivity contribution < 1.29 is 28.9 Å². The van der Waals surface area contributed by atoms with Crippen LogP contribution in [0.4, 0.5) is 5.13 Å². The van der Waals surface area contributed by atoms with Crippen LogP contribution in [0, 0.1) is 6.92 Å². The number of fused-ring (bicyclic) bond motifs is 1. The Hall–Kier alpha value is -4.63. The number of anilines is 1. The summed E-state index contributed by atoms with van der Waals surface area (Å²) in [6, 6.07) is 16.9. The van der Waals surface area contributed by atoms with E-state index in [-0.39, 0.29) is 17.9 Å². The second kappa shape index (κ2) is 12.5. The summed E-state index contributed by atoms with van der Waals surface area (Å²) in [6.07, 6.45) is 2.49. The van der Waals surface area contributed by atoms with Crippen LogP contribution in [-0.2, 0) is 9.59 Å². The number of hydrogen-bond acceptors (Lipinski definition) is 8. The van der Waals surface area contributed by atoms with Crippen LogP contribution in [0.1, 0.15) is 43.0 Å². The van der Waals surface area contributed by atoms with Gasteiger partial charge in [0.05, 0.1) is 35.0 Å². The number of carbonyl (C=O) groups is 2. The molecular weight excluding hydrogens is 552 g/mol. The first-order chi connectivity index (χ1) is 20.4. The number of rotatable bonds is 11. The van der Waals surface area contributed by atoms with Crippen molar-refractivity contribution in [2.24, 2.45) is 0 Å². The Kier molecular flexibility index (Phi) is 8.59. The third kappa shape index (κ3) is 5.60. The van der Waals surface area contributed by atoms with E-state index in [1.807, 2.05) is 39.0 Å². The van der Waals surface area contributed by atoms with Crippen molar-refractivity contribution in [3.8, 4) is 17.2 Å². The number of benzene rings is 3. The van der Waals surface area contributed by atoms with Crippen LogP contribution in [0.2, 0.25) is 0 Å². The number of Topliss-reactive ketones (excluding diaryl/α,β-unsaturated/α-hetero) is 1. The number of ether oxygens (including phenoxy) is 3. The molecule has 1 aromatic heterocycles. The molecule has 0 radical (unpaired) electrons. The number of aryl methyl sites for hydroxylation is 1. The molecule has 1 amide bonds. The molecule has 1 saturated heterocycles. The van der Waals surface area contributed by atoms with E-state index in [4.69, 9.17) is 19.2 Å². The molecule has 1 fully saturated rings. The maximum absolute atomic E-state index is 13.7. The van der Waals surface area contributed by atoms with Crippen molar-refractivity contribution in [1.82, 2.24) is 4.98 Å². The van der Waals surface area contributed by atoms with Crippen LogP contribution >= 0.6 is 11.3 Å². The molecule has 4 aromatic rings. The second-order valence-corrected chi connectivity index (χ2v) is 10.8. The quantitative estimate of drug-likeness (QED) is 0.0879. The van der Waals surface area contributed by atoms with Crippen LogP contribution in [0.3, 0.4) is 0 Å². The average Bonchev–Trinajstić information content (AvgIpc) is 3.52. The number of ketones is 1. The monoisotopic (exact) mass is 584 g/mol. The van der Waals surface area contributed by atoms with E-state index in [0.29, 0.717) is 52.2 Å². The van der Waals surface area contributed by atoms with Gasteiger partial charge in [-0.3, -0.25) is 14.5 Å². The summed E-state index contributed by atoms with van der Waals surface area (Å²) in [4.78, 5) is 33.4. The summed E-state index contributed by atoms with van der Waals surface area (Å²) < 4.78 is 18.2. The molecule has 1 aliphatic rings. The molecule has 1 aliphatic heterocycles. The number of aromatic nitrogens is 1. The van der Waals surface area contributed by atoms with Gasteiger partial charge in [-0.05, 0) is 79.9 Å². The van der Waals surface area contributed by atoms with Crippen LogP contribution < -0.4 is 19.1 Å². The highest BCUT2D eigenvalue weighted by atomic mass is 32.1. The first-order valence-corrected chi connectivity index (χ1v) is 14.6. The van der Waals surface area contributed by atoms with E-state index < -0.39 is 17.7 Å². The van der Waals surface area contributed by atoms with Gasteiger partial charge in [0, 0.05) is 5.56 Å². The molecule has 0 aliphatic carbocycles. The lowest BCUT2D eigenvalue weighted by Gasteiger charge is -2.24. The largest absolute Gasteiger partial charge is 0.507 e. The normalized spacial score (nSPS) is 16.2. The Balaban J connectivity index is 1.67. The lowest BCUT2D eigenvalue weighted by Crippen LogP contribution is -2.29. The minimum atomic E-state index is -0.963. The van der Waals surface area contributed by atoms with Crippen LogP contribution in [-0.4, -0.2) is 41.6 Å². The van der Waals surface area contributed by atoms with Crippen LogP contribution in [0.5, 0.6) is 17.2 Å². The number of thiazole rings is 1. The Morgan fingerprint density at radius 3 is 2.52 bits per heavy atom. The molecule has 216 valence electrons. The first-order valence-electron chi connectivity index (χ1n) is 13.8. The van der Waals surface area contributed by atoms with Gasteiger partial charge in [-0.1, -0.05) is 43.0 Å². The molecule has 1 N–H and O–H groups in total. The molecule has 9 heteroatoms. The third-order valence-corrected chi connectivity index (χ3v) is 7.74. The van der Waals surface area contributed by atoms with Gasteiger partial charge in [-0.25, -0.2) is 4.98 Å². The standard InChI is InChI=1S/C33H32N2O6S/c1-5-16-40-23-12-9-21(10-13-23)30(36)28-29(22-11-15-25(41-17-6-2)26(19-22)39-7-3)35(32(38)31(28)37)33-34-24-14-8-20(4)18-27(24)42-33/h6,8-15,18-19,29,36H,2,5,7,16-17H2,1,3-4H3/b30-28+. The number of amides is 1. The maximum Gasteiger partial charge on any atom is 0.301 e. The van der Waals surface area contributed by atoms with Crippen molar-refractivity contribution in [2.75, 3.05) is 24.7 Å². The number of hydrogen-bond donors (Lipinski definition) is 1. The number of nitrogens with zero attached hydrogens (tertiary/aromatic N) is 2. The molecule has 3 aromatic carbocycles. The average molecular weight is 585 g/mol. The molecule has 42 heavy (non-hydrogen) atoms. The lowest BCUT2D eigenvalue weighted by atomic mass is 9.95. The Morgan fingerprint density at radius 2 is 1.81 bits per heavy atom. The molecule has 8 nitrogen and oxygen atoms in total. The highest BCUT2D eigenvalue weighted by Crippen LogP contribution is 2.46. The van der Waals surface area contributed by atoms with Gasteiger partial charge >= 0.3 is 5.91 Å². The number of aliphatic hydroxyl groups excluding tert-OH is 1. The van der Waals surface area contributed by atoms with E-state index >= 15 is 0 Å². The van der Waals surface area contributed by atoms with E-state index in [1.54, 1.807) is 48.5 Å². The summed E-state index contributed by atoms with van der Waals surface area (Å²) in [5.41, 5.74) is 2.67. The predicted octanol–water partition coefficient (Wildman–Crippen LogP) is 6.98. The van der Waals surface area contributed by atoms with Gasteiger partial charge in [0.15, 0.2) is 16.6 Å². The fourth-order valence-corrected chi connectivity index (χ4v) is 5.87. The van der Waals surface area contributed by atoms with Gasteiger partial charge in [0.2, 0.25) is 0 Å². The fourth-order valence-electron chi connectivity index (χ4n) is 4.78. The predicted molar refractivity (Wildman–Crippen MR) is 165 cm³/mol. The van der Waals surface area contributed by atoms with E-state index in [1.165, 1.54) is 16.2 Å². The van der Waals surface area contributed by atoms with Gasteiger partial charge in [-0.2, -0.15) is 0 Å². The highest BCUT2D eigenvalue weighted by Gasteiger charge is 2.48. The van der Waals surface area contributed by atoms with Crippen molar-refractivity contribution in [3.63, 3.8) is 0 Å². The summed E-state index contributed by atoms with van der Waals surface area (Å²) in [7, 11) is 0. The molecule has 1 unspecified atom stereocenters. The van der Waals surface area contributed by atoms with Gasteiger partial charge in [0.1, 0.15) is 18.1 Å². The molecule has 0 bridgehead atoms. The Labute approximate surface area is 248 Å². The van der Waals surface area contributed by atoms with Crippen LogP contribution in [0.25, 0.3) is 16.0 Å². The molecule has 2 heterocycles. The summed E-state index contributed by atoms with van der Waals surface area (Å²) in [5.74, 6) is -0.277.